The monoisotopic (exact) mass is 901 g/mol. The molecule has 65 heavy (non-hydrogen) atoms. The van der Waals surface area contributed by atoms with Crippen molar-refractivity contribution < 1.29 is 37.3 Å². The van der Waals surface area contributed by atoms with Crippen LogP contribution in [0.5, 0.6) is 23.0 Å². The zero-order valence-corrected chi connectivity index (χ0v) is 38.1. The van der Waals surface area contributed by atoms with E-state index >= 15 is 4.39 Å². The molecule has 1 amide bonds. The van der Waals surface area contributed by atoms with Crippen LogP contribution in [0.3, 0.4) is 0 Å². The van der Waals surface area contributed by atoms with Crippen LogP contribution in [0.1, 0.15) is 37.5 Å². The highest BCUT2D eigenvalue weighted by molar-refractivity contribution is 6.76. The number of nitrogen functional groups attached to an aromatic ring is 2. The quantitative estimate of drug-likeness (QED) is 0.0315. The number of ether oxygens (including phenoxy) is 4. The molecule has 0 bridgehead atoms. The van der Waals surface area contributed by atoms with Crippen molar-refractivity contribution in [1.82, 2.24) is 19.2 Å². The molecule has 0 spiro atoms. The van der Waals surface area contributed by atoms with E-state index in [-0.39, 0.29) is 41.3 Å². The first kappa shape index (κ1) is 46.1. The maximum absolute atomic E-state index is 15.2. The number of fused-ring (bicyclic) bond motifs is 1. The standard InChI is InChI=1S/C36H40FN5O5Si.C13H13FN2O/c1-24-18-33(47-27-8-6-5-7-9-27)29(37)21-31(24)42-35(38)28(22-39-42)34(43)32-20-26-19-25(36(44)40-12-14-45-15-13-40)10-11-30(26)41(32)23-46-16-17-48(2,3)4;1-9-7-13(11(14)8-12(9)16-15)17-10-5-3-2-4-6-10/h5-11,18-22H,12-17,23,38H2,1-4H3;2-8,16H,15H2,1H3. The smallest absolute Gasteiger partial charge is 0.254 e. The topological polar surface area (TPSA) is 161 Å². The lowest BCUT2D eigenvalue weighted by molar-refractivity contribution is 0.0303. The predicted octanol–water partition coefficient (Wildman–Crippen LogP) is 9.88. The fourth-order valence-corrected chi connectivity index (χ4v) is 7.90. The van der Waals surface area contributed by atoms with Crippen LogP contribution >= 0.6 is 0 Å². The zero-order valence-electron chi connectivity index (χ0n) is 37.1. The third-order valence-electron chi connectivity index (χ3n) is 10.8. The van der Waals surface area contributed by atoms with Crippen LogP contribution in [0.25, 0.3) is 16.6 Å². The van der Waals surface area contributed by atoms with E-state index in [1.54, 1.807) is 78.6 Å². The highest BCUT2D eigenvalue weighted by atomic mass is 28.3. The van der Waals surface area contributed by atoms with E-state index in [1.165, 1.54) is 23.0 Å². The Morgan fingerprint density at radius 2 is 1.43 bits per heavy atom. The van der Waals surface area contributed by atoms with Crippen molar-refractivity contribution in [2.24, 2.45) is 5.84 Å². The molecule has 1 saturated heterocycles. The molecule has 7 aromatic rings. The second kappa shape index (κ2) is 20.3. The van der Waals surface area contributed by atoms with E-state index in [1.807, 2.05) is 41.8 Å². The molecule has 0 saturated carbocycles. The van der Waals surface area contributed by atoms with E-state index in [9.17, 15) is 14.0 Å². The van der Waals surface area contributed by atoms with Gasteiger partial charge in [0.05, 0.1) is 47.6 Å². The highest BCUT2D eigenvalue weighted by Gasteiger charge is 2.26. The lowest BCUT2D eigenvalue weighted by atomic mass is 10.1. The SMILES string of the molecule is Cc1cc(Oc2ccccc2)c(F)cc1-n1ncc(C(=O)c2cc3cc(C(=O)N4CCOCC4)ccc3n2COCC[Si](C)(C)C)c1N.Cc1cc(Oc2ccccc2)c(F)cc1NN. The summed E-state index contributed by atoms with van der Waals surface area (Å²) in [5.74, 6) is 5.19. The number of nitrogens with zero attached hydrogens (tertiary/aromatic N) is 4. The average molecular weight is 902 g/mol. The van der Waals surface area contributed by atoms with Crippen molar-refractivity contribution in [3.8, 4) is 28.7 Å². The lowest BCUT2D eigenvalue weighted by Crippen LogP contribution is -2.40. The first-order valence-electron chi connectivity index (χ1n) is 21.2. The Morgan fingerprint density at radius 3 is 2.05 bits per heavy atom. The molecule has 338 valence electrons. The van der Waals surface area contributed by atoms with Gasteiger partial charge in [-0.2, -0.15) is 5.10 Å². The van der Waals surface area contributed by atoms with Crippen molar-refractivity contribution >= 4 is 42.2 Å². The number of nitrogens with two attached hydrogens (primary N) is 2. The zero-order chi connectivity index (χ0) is 46.3. The summed E-state index contributed by atoms with van der Waals surface area (Å²) in [6.45, 7) is 13.2. The van der Waals surface area contributed by atoms with Gasteiger partial charge in [0.2, 0.25) is 5.78 Å². The molecule has 1 aliphatic heterocycles. The number of rotatable bonds is 14. The molecule has 0 unspecified atom stereocenters. The molecule has 1 fully saturated rings. The number of carbonyl (C=O) groups is 2. The van der Waals surface area contributed by atoms with Gasteiger partial charge >= 0.3 is 0 Å². The Kier molecular flexibility index (Phi) is 14.4. The number of carbonyl (C=O) groups excluding carboxylic acids is 2. The van der Waals surface area contributed by atoms with Gasteiger partial charge in [0.15, 0.2) is 23.1 Å². The summed E-state index contributed by atoms with van der Waals surface area (Å²) in [5, 5.41) is 5.12. The van der Waals surface area contributed by atoms with Crippen LogP contribution in [-0.2, 0) is 16.2 Å². The Morgan fingerprint density at radius 1 is 0.815 bits per heavy atom. The summed E-state index contributed by atoms with van der Waals surface area (Å²) in [6, 6.07) is 32.0. The molecule has 5 aromatic carbocycles. The van der Waals surface area contributed by atoms with Gasteiger partial charge in [-0.1, -0.05) is 56.0 Å². The van der Waals surface area contributed by atoms with Crippen molar-refractivity contribution in [3.05, 3.63) is 155 Å². The molecule has 0 atom stereocenters. The second-order valence-electron chi connectivity index (χ2n) is 16.8. The number of anilines is 2. The molecule has 5 N–H and O–H groups in total. The van der Waals surface area contributed by atoms with E-state index in [4.69, 9.17) is 30.5 Å². The Bertz CT molecular complexity index is 2790. The van der Waals surface area contributed by atoms with Gasteiger partial charge < -0.3 is 39.6 Å². The fraction of sp³-hybridized carbons (Fsp3) is 0.245. The summed E-state index contributed by atoms with van der Waals surface area (Å²) >= 11 is 0. The molecule has 16 heteroatoms. The molecule has 0 radical (unpaired) electrons. The first-order valence-corrected chi connectivity index (χ1v) is 24.9. The Balaban J connectivity index is 0.000000310. The molecule has 1 aliphatic rings. The number of para-hydroxylation sites is 2. The van der Waals surface area contributed by atoms with Gasteiger partial charge in [0.1, 0.15) is 24.0 Å². The van der Waals surface area contributed by atoms with E-state index < -0.39 is 19.7 Å². The number of hydrogen-bond donors (Lipinski definition) is 3. The first-order chi connectivity index (χ1) is 31.2. The van der Waals surface area contributed by atoms with E-state index in [0.29, 0.717) is 72.6 Å². The highest BCUT2D eigenvalue weighted by Crippen LogP contribution is 2.33. The minimum atomic E-state index is -1.34. The number of aromatic nitrogens is 3. The summed E-state index contributed by atoms with van der Waals surface area (Å²) in [5.41, 5.74) is 13.2. The maximum Gasteiger partial charge on any atom is 0.254 e. The number of aryl methyl sites for hydroxylation is 2. The number of nitrogens with one attached hydrogen (secondary N) is 1. The average Bonchev–Trinajstić information content (AvgIpc) is 3.87. The fourth-order valence-electron chi connectivity index (χ4n) is 7.15. The van der Waals surface area contributed by atoms with Crippen molar-refractivity contribution in [2.75, 3.05) is 44.1 Å². The van der Waals surface area contributed by atoms with Gasteiger partial charge in [-0.05, 0) is 91.7 Å². The molecular weight excluding hydrogens is 849 g/mol. The van der Waals surface area contributed by atoms with Gasteiger partial charge in [0.25, 0.3) is 5.91 Å². The normalized spacial score (nSPS) is 12.7. The van der Waals surface area contributed by atoms with Crippen LogP contribution in [0.4, 0.5) is 20.3 Å². The molecular formula is C49H53F2N7O6Si. The molecule has 2 aromatic heterocycles. The number of hydrogen-bond acceptors (Lipinski definition) is 10. The van der Waals surface area contributed by atoms with Gasteiger partial charge in [-0.15, -0.1) is 0 Å². The molecule has 13 nitrogen and oxygen atoms in total. The number of hydrazine groups is 1. The number of morpholine rings is 1. The van der Waals surface area contributed by atoms with Gasteiger partial charge in [-0.3, -0.25) is 15.4 Å². The third kappa shape index (κ3) is 11.1. The van der Waals surface area contributed by atoms with Crippen LogP contribution in [0.15, 0.2) is 115 Å². The van der Waals surface area contributed by atoms with Crippen LogP contribution < -0.4 is 26.5 Å². The summed E-state index contributed by atoms with van der Waals surface area (Å²) in [6.07, 6.45) is 1.39. The molecule has 3 heterocycles. The van der Waals surface area contributed by atoms with Crippen LogP contribution in [0.2, 0.25) is 25.7 Å². The molecule has 0 aliphatic carbocycles. The lowest BCUT2D eigenvalue weighted by Gasteiger charge is -2.26. The van der Waals surface area contributed by atoms with Crippen LogP contribution in [0, 0.1) is 25.5 Å². The van der Waals surface area contributed by atoms with Crippen molar-refractivity contribution in [3.63, 3.8) is 0 Å². The number of halogens is 2. The largest absolute Gasteiger partial charge is 0.454 e. The summed E-state index contributed by atoms with van der Waals surface area (Å²) in [7, 11) is -1.34. The second-order valence-corrected chi connectivity index (χ2v) is 22.4. The summed E-state index contributed by atoms with van der Waals surface area (Å²) in [4.78, 5) is 29.2. The minimum absolute atomic E-state index is 0.0644. The number of ketones is 1. The Labute approximate surface area is 377 Å². The van der Waals surface area contributed by atoms with Crippen molar-refractivity contribution in [2.45, 2.75) is 46.3 Å². The van der Waals surface area contributed by atoms with E-state index in [2.05, 4.69) is 30.2 Å². The van der Waals surface area contributed by atoms with Crippen molar-refractivity contribution in [1.29, 1.82) is 0 Å². The van der Waals surface area contributed by atoms with E-state index in [0.717, 1.165) is 22.5 Å². The van der Waals surface area contributed by atoms with Gasteiger partial charge in [-0.25, -0.2) is 13.5 Å². The predicted molar refractivity (Wildman–Crippen MR) is 251 cm³/mol. The van der Waals surface area contributed by atoms with Gasteiger partial charge in [0, 0.05) is 50.9 Å². The summed E-state index contributed by atoms with van der Waals surface area (Å²) < 4.78 is 54.8. The van der Waals surface area contributed by atoms with Crippen LogP contribution in [-0.4, -0.2) is 71.9 Å². The minimum Gasteiger partial charge on any atom is -0.454 e. The number of benzene rings is 5. The maximum atomic E-state index is 15.2. The Hall–Kier alpha value is -6.85. The third-order valence-corrected chi connectivity index (χ3v) is 12.5. The number of amides is 1. The molecule has 8 rings (SSSR count).